The minimum absolute atomic E-state index is 0.148. The average molecular weight is 388 g/mol. The molecule has 2 aromatic rings. The van der Waals surface area contributed by atoms with Crippen LogP contribution in [0.1, 0.15) is 56.2 Å². The Kier molecular flexibility index (Phi) is 5.61. The van der Waals surface area contributed by atoms with Crippen molar-refractivity contribution in [3.8, 4) is 5.75 Å². The number of tetrazole rings is 1. The summed E-state index contributed by atoms with van der Waals surface area (Å²) in [4.78, 5) is 14.9. The molecular formula is C19H25N5O2S. The molecule has 144 valence electrons. The molecule has 1 atom stereocenters. The fourth-order valence-electron chi connectivity index (χ4n) is 4.11. The van der Waals surface area contributed by atoms with Gasteiger partial charge in [-0.25, -0.2) is 4.68 Å². The minimum atomic E-state index is 0.148. The third-order valence-corrected chi connectivity index (χ3v) is 6.45. The van der Waals surface area contributed by atoms with Gasteiger partial charge in [-0.3, -0.25) is 4.79 Å². The van der Waals surface area contributed by atoms with Gasteiger partial charge in [0.05, 0.1) is 24.9 Å². The van der Waals surface area contributed by atoms with Crippen LogP contribution in [0.15, 0.2) is 29.4 Å². The molecule has 0 radical (unpaired) electrons. The maximum Gasteiger partial charge on any atom is 0.233 e. The first-order valence-electron chi connectivity index (χ1n) is 9.60. The molecule has 4 rings (SSSR count). The molecule has 7 nitrogen and oxygen atoms in total. The number of carbonyl (C=O) groups excluding carboxylic acids is 1. The molecule has 0 spiro atoms. The number of benzene rings is 1. The molecule has 2 fully saturated rings. The van der Waals surface area contributed by atoms with E-state index < -0.39 is 0 Å². The summed E-state index contributed by atoms with van der Waals surface area (Å²) >= 11 is 1.45. The minimum Gasteiger partial charge on any atom is -0.497 e. The first-order valence-corrected chi connectivity index (χ1v) is 10.6. The van der Waals surface area contributed by atoms with Crippen LogP contribution in [0.25, 0.3) is 0 Å². The van der Waals surface area contributed by atoms with Gasteiger partial charge in [-0.15, -0.1) is 5.10 Å². The zero-order valence-corrected chi connectivity index (χ0v) is 16.4. The summed E-state index contributed by atoms with van der Waals surface area (Å²) in [5.74, 6) is 1.36. The molecule has 2 aliphatic rings. The summed E-state index contributed by atoms with van der Waals surface area (Å²) in [6, 6.07) is 8.57. The standard InChI is InChI=1S/C19H25N5O2S/c1-26-16-10-8-14(9-11-16)17-7-4-12-23(17)18(25)13-27-19-20-21-22-24(19)15-5-2-3-6-15/h8-11,15,17H,2-7,12-13H2,1H3/t17-/m0/s1. The Morgan fingerprint density at radius 1 is 1.19 bits per heavy atom. The van der Waals surface area contributed by atoms with Crippen LogP contribution in [-0.2, 0) is 4.79 Å². The second kappa shape index (κ2) is 8.29. The van der Waals surface area contributed by atoms with Crippen molar-refractivity contribution in [2.24, 2.45) is 0 Å². The van der Waals surface area contributed by atoms with Gasteiger partial charge in [-0.05, 0) is 53.8 Å². The third kappa shape index (κ3) is 3.95. The van der Waals surface area contributed by atoms with E-state index in [0.717, 1.165) is 43.1 Å². The largest absolute Gasteiger partial charge is 0.497 e. The second-order valence-electron chi connectivity index (χ2n) is 7.15. The van der Waals surface area contributed by atoms with Crippen molar-refractivity contribution in [1.29, 1.82) is 0 Å². The third-order valence-electron chi connectivity index (χ3n) is 5.53. The van der Waals surface area contributed by atoms with Crippen LogP contribution in [0.4, 0.5) is 0 Å². The van der Waals surface area contributed by atoms with Gasteiger partial charge < -0.3 is 9.64 Å². The molecule has 1 saturated heterocycles. The van der Waals surface area contributed by atoms with Gasteiger partial charge >= 0.3 is 0 Å². The highest BCUT2D eigenvalue weighted by Crippen LogP contribution is 2.34. The number of thioether (sulfide) groups is 1. The van der Waals surface area contributed by atoms with Crippen molar-refractivity contribution >= 4 is 17.7 Å². The molecule has 27 heavy (non-hydrogen) atoms. The van der Waals surface area contributed by atoms with Gasteiger partial charge in [0.15, 0.2) is 0 Å². The molecule has 1 aromatic carbocycles. The highest BCUT2D eigenvalue weighted by atomic mass is 32.2. The molecule has 8 heteroatoms. The van der Waals surface area contributed by atoms with Crippen LogP contribution in [0.2, 0.25) is 0 Å². The number of carbonyl (C=O) groups is 1. The first kappa shape index (κ1) is 18.3. The summed E-state index contributed by atoms with van der Waals surface area (Å²) in [5, 5.41) is 12.9. The lowest BCUT2D eigenvalue weighted by Crippen LogP contribution is -2.32. The molecule has 1 amide bonds. The van der Waals surface area contributed by atoms with Crippen molar-refractivity contribution in [3.05, 3.63) is 29.8 Å². The van der Waals surface area contributed by atoms with Crippen LogP contribution >= 0.6 is 11.8 Å². The van der Waals surface area contributed by atoms with Crippen molar-refractivity contribution < 1.29 is 9.53 Å². The fraction of sp³-hybridized carbons (Fsp3) is 0.579. The Hall–Kier alpha value is -2.09. The molecule has 1 saturated carbocycles. The molecule has 0 N–H and O–H groups in total. The van der Waals surface area contributed by atoms with Gasteiger partial charge in [-0.1, -0.05) is 36.7 Å². The Morgan fingerprint density at radius 3 is 2.70 bits per heavy atom. The Bertz CT molecular complexity index is 773. The number of ether oxygens (including phenoxy) is 1. The molecular weight excluding hydrogens is 362 g/mol. The second-order valence-corrected chi connectivity index (χ2v) is 8.09. The van der Waals surface area contributed by atoms with Gasteiger partial charge in [-0.2, -0.15) is 0 Å². The van der Waals surface area contributed by atoms with Gasteiger partial charge in [0, 0.05) is 6.54 Å². The van der Waals surface area contributed by atoms with E-state index in [1.165, 1.54) is 30.2 Å². The van der Waals surface area contributed by atoms with Crippen molar-refractivity contribution in [3.63, 3.8) is 0 Å². The van der Waals surface area contributed by atoms with Crippen molar-refractivity contribution in [2.45, 2.75) is 55.8 Å². The predicted molar refractivity (Wildman–Crippen MR) is 103 cm³/mol. The zero-order valence-electron chi connectivity index (χ0n) is 15.6. The zero-order chi connectivity index (χ0) is 18.6. The number of hydrogen-bond donors (Lipinski definition) is 0. The lowest BCUT2D eigenvalue weighted by atomic mass is 10.0. The molecule has 1 aromatic heterocycles. The number of rotatable bonds is 6. The Labute approximate surface area is 163 Å². The van der Waals surface area contributed by atoms with Crippen LogP contribution in [-0.4, -0.2) is 50.4 Å². The molecule has 2 heterocycles. The summed E-state index contributed by atoms with van der Waals surface area (Å²) in [7, 11) is 1.66. The van der Waals surface area contributed by atoms with Gasteiger partial charge in [0.2, 0.25) is 11.1 Å². The van der Waals surface area contributed by atoms with Crippen LogP contribution in [0.5, 0.6) is 5.75 Å². The van der Waals surface area contributed by atoms with Crippen LogP contribution < -0.4 is 4.74 Å². The van der Waals surface area contributed by atoms with E-state index in [0.29, 0.717) is 11.8 Å². The Balaban J connectivity index is 1.39. The van der Waals surface area contributed by atoms with Crippen LogP contribution in [0, 0.1) is 0 Å². The lowest BCUT2D eigenvalue weighted by Gasteiger charge is -2.25. The number of hydrogen-bond acceptors (Lipinski definition) is 6. The number of methoxy groups -OCH3 is 1. The fourth-order valence-corrected chi connectivity index (χ4v) is 4.94. The van der Waals surface area contributed by atoms with E-state index in [1.807, 2.05) is 21.7 Å². The van der Waals surface area contributed by atoms with Crippen LogP contribution in [0.3, 0.4) is 0 Å². The number of amides is 1. The van der Waals surface area contributed by atoms with E-state index in [-0.39, 0.29) is 11.9 Å². The number of likely N-dealkylation sites (tertiary alicyclic amines) is 1. The van der Waals surface area contributed by atoms with E-state index >= 15 is 0 Å². The lowest BCUT2D eigenvalue weighted by molar-refractivity contribution is -0.129. The van der Waals surface area contributed by atoms with E-state index in [1.54, 1.807) is 7.11 Å². The maximum atomic E-state index is 12.9. The van der Waals surface area contributed by atoms with E-state index in [4.69, 9.17) is 4.74 Å². The quantitative estimate of drug-likeness (QED) is 0.709. The summed E-state index contributed by atoms with van der Waals surface area (Å²) in [5.41, 5.74) is 1.17. The molecule has 0 bridgehead atoms. The van der Waals surface area contributed by atoms with Gasteiger partial charge in [0.25, 0.3) is 0 Å². The van der Waals surface area contributed by atoms with Gasteiger partial charge in [0.1, 0.15) is 5.75 Å². The average Bonchev–Trinajstić information content (AvgIpc) is 3.47. The maximum absolute atomic E-state index is 12.9. The molecule has 1 aliphatic heterocycles. The Morgan fingerprint density at radius 2 is 1.96 bits per heavy atom. The first-order chi connectivity index (χ1) is 13.3. The predicted octanol–water partition coefficient (Wildman–Crippen LogP) is 3.25. The highest BCUT2D eigenvalue weighted by molar-refractivity contribution is 7.99. The van der Waals surface area contributed by atoms with E-state index in [9.17, 15) is 4.79 Å². The normalized spacial score (nSPS) is 20.3. The topological polar surface area (TPSA) is 73.1 Å². The monoisotopic (exact) mass is 387 g/mol. The summed E-state index contributed by atoms with van der Waals surface area (Å²) < 4.78 is 7.15. The highest BCUT2D eigenvalue weighted by Gasteiger charge is 2.30. The van der Waals surface area contributed by atoms with Crippen molar-refractivity contribution in [1.82, 2.24) is 25.1 Å². The number of aromatic nitrogens is 4. The van der Waals surface area contributed by atoms with Crippen molar-refractivity contribution in [2.75, 3.05) is 19.4 Å². The smallest absolute Gasteiger partial charge is 0.233 e. The van der Waals surface area contributed by atoms with E-state index in [2.05, 4.69) is 27.7 Å². The molecule has 0 unspecified atom stereocenters. The number of nitrogens with zero attached hydrogens (tertiary/aromatic N) is 5. The summed E-state index contributed by atoms with van der Waals surface area (Å²) in [6.45, 7) is 0.809. The summed E-state index contributed by atoms with van der Waals surface area (Å²) in [6.07, 6.45) is 6.74. The molecule has 1 aliphatic carbocycles. The SMILES string of the molecule is COc1ccc([C@@H]2CCCN2C(=O)CSc2nnnn2C2CCCC2)cc1.